The van der Waals surface area contributed by atoms with Gasteiger partial charge in [0.15, 0.2) is 0 Å². The molecule has 1 aromatic carbocycles. The molecule has 0 spiro atoms. The smallest absolute Gasteiger partial charge is 0.251 e. The van der Waals surface area contributed by atoms with E-state index >= 15 is 0 Å². The van der Waals surface area contributed by atoms with Crippen LogP contribution >= 0.6 is 11.6 Å². The highest BCUT2D eigenvalue weighted by Crippen LogP contribution is 2.10. The number of hydrogen-bond donors (Lipinski definition) is 2. The predicted molar refractivity (Wildman–Crippen MR) is 64.9 cm³/mol. The van der Waals surface area contributed by atoms with Gasteiger partial charge in [0.1, 0.15) is 0 Å². The minimum Gasteiger partial charge on any atom is -0.356 e. The Hall–Kier alpha value is -1.55. The first kappa shape index (κ1) is 11.9. The maximum Gasteiger partial charge on any atom is 0.251 e. The lowest BCUT2D eigenvalue weighted by atomic mass is 10.1. The van der Waals surface area contributed by atoms with Crippen molar-refractivity contribution in [2.75, 3.05) is 6.54 Å². The fourth-order valence-corrected chi connectivity index (χ4v) is 1.90. The van der Waals surface area contributed by atoms with Crippen LogP contribution in [0.2, 0.25) is 5.02 Å². The Morgan fingerprint density at radius 3 is 2.71 bits per heavy atom. The third-order valence-electron chi connectivity index (χ3n) is 2.69. The summed E-state index contributed by atoms with van der Waals surface area (Å²) in [5.74, 6) is -0.181. The van der Waals surface area contributed by atoms with Gasteiger partial charge in [-0.1, -0.05) is 11.6 Å². The van der Waals surface area contributed by atoms with Crippen LogP contribution in [0, 0.1) is 0 Å². The summed E-state index contributed by atoms with van der Waals surface area (Å²) < 4.78 is 0. The molecule has 90 valence electrons. The lowest BCUT2D eigenvalue weighted by molar-refractivity contribution is -0.122. The van der Waals surface area contributed by atoms with Gasteiger partial charge in [0.2, 0.25) is 5.91 Å². The minimum atomic E-state index is -0.165. The van der Waals surface area contributed by atoms with E-state index in [2.05, 4.69) is 10.6 Å². The van der Waals surface area contributed by atoms with Crippen LogP contribution in [-0.4, -0.2) is 24.4 Å². The van der Waals surface area contributed by atoms with Crippen molar-refractivity contribution >= 4 is 23.4 Å². The predicted octanol–water partition coefficient (Wildman–Crippen LogP) is 1.35. The maximum atomic E-state index is 11.8. The van der Waals surface area contributed by atoms with Crippen molar-refractivity contribution in [1.82, 2.24) is 10.6 Å². The van der Waals surface area contributed by atoms with Gasteiger partial charge in [0, 0.05) is 29.6 Å². The van der Waals surface area contributed by atoms with Crippen LogP contribution in [-0.2, 0) is 4.79 Å². The minimum absolute atomic E-state index is 0.0161. The van der Waals surface area contributed by atoms with Gasteiger partial charge in [0.05, 0.1) is 0 Å². The zero-order chi connectivity index (χ0) is 12.3. The Bertz CT molecular complexity index is 431. The summed E-state index contributed by atoms with van der Waals surface area (Å²) >= 11 is 5.74. The van der Waals surface area contributed by atoms with Gasteiger partial charge in [-0.05, 0) is 30.7 Å². The van der Waals surface area contributed by atoms with Gasteiger partial charge in [0.25, 0.3) is 5.91 Å². The first-order valence-electron chi connectivity index (χ1n) is 5.48. The zero-order valence-corrected chi connectivity index (χ0v) is 9.96. The molecule has 1 aromatic rings. The zero-order valence-electron chi connectivity index (χ0n) is 9.20. The molecule has 2 N–H and O–H groups in total. The summed E-state index contributed by atoms with van der Waals surface area (Å²) in [4.78, 5) is 23.0. The first-order valence-corrected chi connectivity index (χ1v) is 5.86. The highest BCUT2D eigenvalue weighted by atomic mass is 35.5. The molecular weight excluding hydrogens is 240 g/mol. The van der Waals surface area contributed by atoms with Gasteiger partial charge >= 0.3 is 0 Å². The third-order valence-corrected chi connectivity index (χ3v) is 2.94. The van der Waals surface area contributed by atoms with Crippen LogP contribution < -0.4 is 10.6 Å². The van der Waals surface area contributed by atoms with E-state index in [4.69, 9.17) is 11.6 Å². The van der Waals surface area contributed by atoms with E-state index in [1.165, 1.54) is 0 Å². The molecule has 1 fully saturated rings. The summed E-state index contributed by atoms with van der Waals surface area (Å²) in [6, 6.07) is 6.60. The number of halogens is 1. The number of benzene rings is 1. The number of nitrogens with one attached hydrogen (secondary N) is 2. The fourth-order valence-electron chi connectivity index (χ4n) is 1.78. The van der Waals surface area contributed by atoms with E-state index < -0.39 is 0 Å². The molecule has 1 heterocycles. The summed E-state index contributed by atoms with van der Waals surface area (Å²) in [5.41, 5.74) is 0.556. The Morgan fingerprint density at radius 1 is 1.35 bits per heavy atom. The molecule has 4 nitrogen and oxygen atoms in total. The van der Waals surface area contributed by atoms with Crippen molar-refractivity contribution in [3.05, 3.63) is 34.9 Å². The molecule has 0 aliphatic carbocycles. The highest BCUT2D eigenvalue weighted by Gasteiger charge is 2.20. The monoisotopic (exact) mass is 252 g/mol. The Morgan fingerprint density at radius 2 is 2.06 bits per heavy atom. The second kappa shape index (κ2) is 5.19. The van der Waals surface area contributed by atoms with Crippen molar-refractivity contribution in [3.8, 4) is 0 Å². The molecular formula is C12H13ClN2O2. The molecule has 1 aliphatic rings. The molecule has 17 heavy (non-hydrogen) atoms. The fraction of sp³-hybridized carbons (Fsp3) is 0.333. The first-order chi connectivity index (χ1) is 8.15. The standard InChI is InChI=1S/C12H13ClN2O2/c13-9-3-1-8(2-4-9)12(17)15-10-5-6-14-11(16)7-10/h1-4,10H,5-7H2,(H,14,16)(H,15,17). The quantitative estimate of drug-likeness (QED) is 0.835. The van der Waals surface area contributed by atoms with Crippen molar-refractivity contribution in [1.29, 1.82) is 0 Å². The van der Waals surface area contributed by atoms with Crippen LogP contribution in [0.4, 0.5) is 0 Å². The van der Waals surface area contributed by atoms with E-state index in [0.717, 1.165) is 6.42 Å². The maximum absolute atomic E-state index is 11.8. The molecule has 5 heteroatoms. The number of amides is 2. The van der Waals surface area contributed by atoms with Crippen molar-refractivity contribution < 1.29 is 9.59 Å². The third kappa shape index (κ3) is 3.20. The highest BCUT2D eigenvalue weighted by molar-refractivity contribution is 6.30. The molecule has 2 amide bonds. The summed E-state index contributed by atoms with van der Waals surface area (Å²) in [6.45, 7) is 0.615. The molecule has 0 saturated carbocycles. The van der Waals surface area contributed by atoms with Gasteiger partial charge in [-0.25, -0.2) is 0 Å². The molecule has 2 rings (SSSR count). The summed E-state index contributed by atoms with van der Waals surface area (Å²) in [6.07, 6.45) is 1.12. The second-order valence-corrected chi connectivity index (χ2v) is 4.46. The average molecular weight is 253 g/mol. The number of carbonyl (C=O) groups is 2. The van der Waals surface area contributed by atoms with Crippen LogP contribution in [0.1, 0.15) is 23.2 Å². The average Bonchev–Trinajstić information content (AvgIpc) is 2.29. The summed E-state index contributed by atoms with van der Waals surface area (Å²) in [5, 5.41) is 6.16. The van der Waals surface area contributed by atoms with Crippen LogP contribution in [0.15, 0.2) is 24.3 Å². The second-order valence-electron chi connectivity index (χ2n) is 4.02. The van der Waals surface area contributed by atoms with Gasteiger partial charge < -0.3 is 10.6 Å². The Balaban J connectivity index is 1.96. The van der Waals surface area contributed by atoms with Crippen LogP contribution in [0.25, 0.3) is 0 Å². The van der Waals surface area contributed by atoms with Crippen LogP contribution in [0.5, 0.6) is 0 Å². The molecule has 1 aliphatic heterocycles. The summed E-state index contributed by atoms with van der Waals surface area (Å²) in [7, 11) is 0. The van der Waals surface area contributed by atoms with E-state index in [-0.39, 0.29) is 17.9 Å². The van der Waals surface area contributed by atoms with Gasteiger partial charge in [-0.2, -0.15) is 0 Å². The van der Waals surface area contributed by atoms with Crippen LogP contribution in [0.3, 0.4) is 0 Å². The molecule has 0 radical (unpaired) electrons. The largest absolute Gasteiger partial charge is 0.356 e. The Labute approximate surface area is 104 Å². The molecule has 0 bridgehead atoms. The van der Waals surface area contributed by atoms with Gasteiger partial charge in [-0.3, -0.25) is 9.59 Å². The van der Waals surface area contributed by atoms with Crippen molar-refractivity contribution in [3.63, 3.8) is 0 Å². The van der Waals surface area contributed by atoms with E-state index in [9.17, 15) is 9.59 Å². The van der Waals surface area contributed by atoms with Crippen molar-refractivity contribution in [2.45, 2.75) is 18.9 Å². The van der Waals surface area contributed by atoms with Gasteiger partial charge in [-0.15, -0.1) is 0 Å². The number of rotatable bonds is 2. The molecule has 0 aromatic heterocycles. The van der Waals surface area contributed by atoms with E-state index in [0.29, 0.717) is 23.6 Å². The normalized spacial score (nSPS) is 19.6. The Kier molecular flexibility index (Phi) is 3.64. The number of hydrogen-bond acceptors (Lipinski definition) is 2. The molecule has 1 saturated heterocycles. The van der Waals surface area contributed by atoms with E-state index in [1.807, 2.05) is 0 Å². The topological polar surface area (TPSA) is 58.2 Å². The lowest BCUT2D eigenvalue weighted by Crippen LogP contribution is -2.45. The molecule has 1 atom stereocenters. The number of carbonyl (C=O) groups excluding carboxylic acids is 2. The lowest BCUT2D eigenvalue weighted by Gasteiger charge is -2.23. The van der Waals surface area contributed by atoms with Crippen molar-refractivity contribution in [2.24, 2.45) is 0 Å². The van der Waals surface area contributed by atoms with E-state index in [1.54, 1.807) is 24.3 Å². The molecule has 1 unspecified atom stereocenters. The number of piperidine rings is 1. The SMILES string of the molecule is O=C1CC(NC(=O)c2ccc(Cl)cc2)CCN1.